The second-order valence-corrected chi connectivity index (χ2v) is 1.05. The van der Waals surface area contributed by atoms with E-state index in [1.54, 1.807) is 0 Å². The lowest BCUT2D eigenvalue weighted by Crippen LogP contribution is -1.80. The van der Waals surface area contributed by atoms with Crippen molar-refractivity contribution in [2.75, 3.05) is 0 Å². The van der Waals surface area contributed by atoms with E-state index in [0.29, 0.717) is 0 Å². The molecule has 0 bridgehead atoms. The minimum atomic E-state index is -2.23. The van der Waals surface area contributed by atoms with Gasteiger partial charge in [0.05, 0.1) is 0 Å². The molecule has 6 heavy (non-hydrogen) atoms. The lowest BCUT2D eigenvalue weighted by molar-refractivity contribution is 0.563. The molecule has 36 valence electrons. The second-order valence-electron chi connectivity index (χ2n) is 0.428. The molecular weight excluding hydrogens is 106 g/mol. The summed E-state index contributed by atoms with van der Waals surface area (Å²) < 4.78 is 19.6. The SMILES string of the molecule is NN=NS(=O)O. The van der Waals surface area contributed by atoms with Crippen LogP contribution in [0.3, 0.4) is 0 Å². The van der Waals surface area contributed by atoms with E-state index in [9.17, 15) is 4.21 Å². The minimum Gasteiger partial charge on any atom is -0.304 e. The van der Waals surface area contributed by atoms with Crippen LogP contribution in [0, 0.1) is 0 Å². The van der Waals surface area contributed by atoms with Crippen LogP contribution in [0.15, 0.2) is 9.74 Å². The van der Waals surface area contributed by atoms with Crippen molar-refractivity contribution in [3.63, 3.8) is 0 Å². The molecule has 3 N–H and O–H groups in total. The van der Waals surface area contributed by atoms with Crippen molar-refractivity contribution in [3.8, 4) is 0 Å². The van der Waals surface area contributed by atoms with E-state index >= 15 is 0 Å². The molecule has 0 aliphatic rings. The highest BCUT2D eigenvalue weighted by atomic mass is 32.2. The highest BCUT2D eigenvalue weighted by molar-refractivity contribution is 7.77. The van der Waals surface area contributed by atoms with Crippen LogP contribution in [0.25, 0.3) is 0 Å². The fourth-order valence-corrected chi connectivity index (χ4v) is 0.121. The van der Waals surface area contributed by atoms with Gasteiger partial charge in [0.25, 0.3) is 0 Å². The lowest BCUT2D eigenvalue weighted by atomic mass is 12.8. The van der Waals surface area contributed by atoms with Crippen LogP contribution in [0.5, 0.6) is 0 Å². The molecule has 0 aromatic carbocycles. The normalized spacial score (nSPS) is 15.5. The summed E-state index contributed by atoms with van der Waals surface area (Å²) in [6, 6.07) is 0. The molecule has 0 amide bonds. The first kappa shape index (κ1) is 5.51. The summed E-state index contributed by atoms with van der Waals surface area (Å²) in [6.45, 7) is 0. The summed E-state index contributed by atoms with van der Waals surface area (Å²) in [5.74, 6) is 4.33. The van der Waals surface area contributed by atoms with Crippen LogP contribution in [-0.2, 0) is 11.3 Å². The topological polar surface area (TPSA) is 88.0 Å². The Morgan fingerprint density at radius 3 is 2.33 bits per heavy atom. The molecule has 6 heteroatoms. The van der Waals surface area contributed by atoms with Crippen LogP contribution >= 0.6 is 0 Å². The van der Waals surface area contributed by atoms with Crippen molar-refractivity contribution in [1.29, 1.82) is 0 Å². The molecule has 0 radical (unpaired) electrons. The first-order valence-corrected chi connectivity index (χ1v) is 2.05. The van der Waals surface area contributed by atoms with Crippen molar-refractivity contribution in [3.05, 3.63) is 0 Å². The Balaban J connectivity index is 3.30. The fraction of sp³-hybridized carbons (Fsp3) is 0. The van der Waals surface area contributed by atoms with E-state index in [1.807, 2.05) is 0 Å². The van der Waals surface area contributed by atoms with Gasteiger partial charge in [0, 0.05) is 0 Å². The molecule has 0 aromatic heterocycles. The van der Waals surface area contributed by atoms with E-state index in [2.05, 4.69) is 15.6 Å². The van der Waals surface area contributed by atoms with E-state index in [-0.39, 0.29) is 0 Å². The Labute approximate surface area is 36.6 Å². The number of hydrogen-bond acceptors (Lipinski definition) is 2. The maximum Gasteiger partial charge on any atom is 0.302 e. The molecule has 0 fully saturated rings. The summed E-state index contributed by atoms with van der Waals surface area (Å²) in [6.07, 6.45) is 0. The Kier molecular flexibility index (Phi) is 2.51. The zero-order valence-electron chi connectivity index (χ0n) is 2.74. The minimum absolute atomic E-state index is 2.23. The van der Waals surface area contributed by atoms with E-state index in [4.69, 9.17) is 4.55 Å². The van der Waals surface area contributed by atoms with Gasteiger partial charge in [-0.1, -0.05) is 5.22 Å². The van der Waals surface area contributed by atoms with E-state index in [1.165, 1.54) is 0 Å². The second kappa shape index (κ2) is 2.73. The van der Waals surface area contributed by atoms with Crippen molar-refractivity contribution < 1.29 is 8.76 Å². The quantitative estimate of drug-likeness (QED) is 0.205. The summed E-state index contributed by atoms with van der Waals surface area (Å²) in [5, 5.41) is 2.51. The summed E-state index contributed by atoms with van der Waals surface area (Å²) >= 11 is -2.23. The molecule has 0 aliphatic carbocycles. The molecule has 0 heterocycles. The first-order chi connectivity index (χ1) is 2.77. The van der Waals surface area contributed by atoms with Gasteiger partial charge in [-0.3, -0.25) is 4.55 Å². The summed E-state index contributed by atoms with van der Waals surface area (Å²) in [5.41, 5.74) is 0. The highest BCUT2D eigenvalue weighted by Crippen LogP contribution is 1.69. The predicted octanol–water partition coefficient (Wildman–Crippen LogP) is -0.551. The molecule has 0 aromatic rings. The first-order valence-electron chi connectivity index (χ1n) is 0.990. The van der Waals surface area contributed by atoms with Gasteiger partial charge >= 0.3 is 11.3 Å². The Morgan fingerprint density at radius 2 is 2.33 bits per heavy atom. The third kappa shape index (κ3) is 3.51. The number of nitrogens with zero attached hydrogens (tertiary/aromatic N) is 2. The highest BCUT2D eigenvalue weighted by Gasteiger charge is 1.76. The van der Waals surface area contributed by atoms with Gasteiger partial charge in [-0.25, -0.2) is 4.21 Å². The molecule has 0 spiro atoms. The van der Waals surface area contributed by atoms with Crippen LogP contribution in [-0.4, -0.2) is 8.76 Å². The molecule has 5 nitrogen and oxygen atoms in total. The number of hydrogen-bond donors (Lipinski definition) is 2. The van der Waals surface area contributed by atoms with Crippen LogP contribution in [0.2, 0.25) is 0 Å². The van der Waals surface area contributed by atoms with E-state index < -0.39 is 11.3 Å². The third-order valence-electron chi connectivity index (χ3n) is 0.117. The zero-order chi connectivity index (χ0) is 4.99. The molecule has 0 aliphatic heterocycles. The Hall–Kier alpha value is -0.490. The van der Waals surface area contributed by atoms with Crippen molar-refractivity contribution in [2.45, 2.75) is 0 Å². The number of rotatable bonds is 1. The van der Waals surface area contributed by atoms with Crippen molar-refractivity contribution >= 4 is 11.3 Å². The lowest BCUT2D eigenvalue weighted by Gasteiger charge is -1.68. The van der Waals surface area contributed by atoms with Gasteiger partial charge < -0.3 is 5.84 Å². The van der Waals surface area contributed by atoms with Crippen molar-refractivity contribution in [2.24, 2.45) is 15.6 Å². The van der Waals surface area contributed by atoms with Crippen LogP contribution in [0.1, 0.15) is 0 Å². The van der Waals surface area contributed by atoms with Gasteiger partial charge in [-0.2, -0.15) is 0 Å². The largest absolute Gasteiger partial charge is 0.304 e. The summed E-state index contributed by atoms with van der Waals surface area (Å²) in [4.78, 5) is 0. The monoisotopic (exact) mass is 109 g/mol. The fourth-order valence-electron chi connectivity index (χ4n) is 0.0403. The van der Waals surface area contributed by atoms with Crippen LogP contribution in [0.4, 0.5) is 0 Å². The van der Waals surface area contributed by atoms with Gasteiger partial charge in [-0.05, 0) is 4.52 Å². The molecule has 0 saturated carbocycles. The summed E-state index contributed by atoms with van der Waals surface area (Å²) in [7, 11) is 0. The van der Waals surface area contributed by atoms with Crippen LogP contribution < -0.4 is 5.84 Å². The molecule has 0 saturated heterocycles. The zero-order valence-corrected chi connectivity index (χ0v) is 3.55. The van der Waals surface area contributed by atoms with E-state index in [0.717, 1.165) is 0 Å². The average Bonchev–Trinajstić information content (AvgIpc) is 1.35. The molecule has 1 unspecified atom stereocenters. The Morgan fingerprint density at radius 1 is 1.83 bits per heavy atom. The van der Waals surface area contributed by atoms with Gasteiger partial charge in [0.2, 0.25) is 0 Å². The van der Waals surface area contributed by atoms with Crippen molar-refractivity contribution in [1.82, 2.24) is 0 Å². The van der Waals surface area contributed by atoms with Gasteiger partial charge in [0.15, 0.2) is 0 Å². The molecular formula is H3N3O2S. The molecule has 1 atom stereocenters. The van der Waals surface area contributed by atoms with Gasteiger partial charge in [-0.15, -0.1) is 0 Å². The smallest absolute Gasteiger partial charge is 0.302 e. The van der Waals surface area contributed by atoms with Gasteiger partial charge in [0.1, 0.15) is 0 Å². The standard InChI is InChI=1S/H3N3O2S/c1-2-3-6(4)5/h(H2,1,3)(H,4,5). The third-order valence-corrected chi connectivity index (χ3v) is 0.351. The number of nitrogens with two attached hydrogens (primary N) is 1. The predicted molar refractivity (Wildman–Crippen MR) is 19.8 cm³/mol. The Bertz CT molecular complexity index is 76.9. The molecule has 0 rings (SSSR count). The maximum atomic E-state index is 9.37. The average molecular weight is 109 g/mol. The maximum absolute atomic E-state index is 9.37.